The summed E-state index contributed by atoms with van der Waals surface area (Å²) >= 11 is 7.96. The third kappa shape index (κ3) is 13.9. The third-order valence-corrected chi connectivity index (χ3v) is 19.1. The molecule has 0 spiro atoms. The molecule has 0 saturated carbocycles. The second-order valence-corrected chi connectivity index (χ2v) is 27.5. The summed E-state index contributed by atoms with van der Waals surface area (Å²) in [7, 11) is -11.8. The molecule has 1 atom stereocenters. The van der Waals surface area contributed by atoms with E-state index in [2.05, 4.69) is 56.0 Å². The number of rotatable bonds is 20. The van der Waals surface area contributed by atoms with E-state index in [1.807, 2.05) is 66.9 Å². The zero-order valence-electron chi connectivity index (χ0n) is 43.7. The molecule has 2 fully saturated rings. The van der Waals surface area contributed by atoms with Crippen LogP contribution in [0.1, 0.15) is 58.7 Å². The zero-order valence-corrected chi connectivity index (χ0v) is 47.7. The van der Waals surface area contributed by atoms with Gasteiger partial charge < -0.3 is 29.9 Å². The van der Waals surface area contributed by atoms with E-state index in [1.54, 1.807) is 49.0 Å². The van der Waals surface area contributed by atoms with Gasteiger partial charge >= 0.3 is 0 Å². The van der Waals surface area contributed by atoms with Crippen molar-refractivity contribution in [2.24, 2.45) is 0 Å². The Morgan fingerprint density at radius 1 is 0.720 bits per heavy atom. The lowest BCUT2D eigenvalue weighted by Gasteiger charge is -2.37. The maximum absolute atomic E-state index is 15.8. The van der Waals surface area contributed by atoms with E-state index in [1.165, 1.54) is 30.5 Å². The second-order valence-electron chi connectivity index (χ2n) is 20.3. The predicted octanol–water partition coefficient (Wildman–Crippen LogP) is 10.9. The van der Waals surface area contributed by atoms with Crippen LogP contribution in [0.5, 0.6) is 0 Å². The summed E-state index contributed by atoms with van der Waals surface area (Å²) in [6, 6.07) is 33.9. The smallest absolute Gasteiger partial charge is 0.261 e. The molecule has 75 heavy (non-hydrogen) atoms. The maximum Gasteiger partial charge on any atom is 0.261 e. The molecule has 0 bridgehead atoms. The number of halogens is 2. The number of piperazine rings is 1. The molecule has 5 aromatic carbocycles. The molecule has 2 aliphatic rings. The Morgan fingerprint density at radius 2 is 1.36 bits per heavy atom. The number of piperidine rings is 1. The standard InChI is InChI=1S/C56H69ClFN7O6S4/c1-38(2)59-45-23-26-62(27-24-45)28-25-47(37-72-50-11-9-8-10-12-50)60-52-22-21-51(36-53(52)73(6,66)67)75(70,71)61-46-17-19-48(20-18-46)63-29-31-64(32-30-63)49-34-42(33-44(58)35-49)54-55(41-13-15-43(57)16-14-41)65(39(3)4)40(5)56(54)74(7,68)69/h8-22,33-36,38-39,45,47,59-61H,23-32,37H2,1-7H3/t47-/m1/s1. The topological polar surface area (TPSA) is 153 Å². The minimum atomic E-state index is -4.21. The van der Waals surface area contributed by atoms with E-state index in [-0.39, 0.29) is 26.8 Å². The van der Waals surface area contributed by atoms with E-state index >= 15 is 4.39 Å². The van der Waals surface area contributed by atoms with Gasteiger partial charge in [0.15, 0.2) is 19.7 Å². The van der Waals surface area contributed by atoms with E-state index in [0.29, 0.717) is 88.6 Å². The molecule has 0 radical (unpaired) electrons. The van der Waals surface area contributed by atoms with Gasteiger partial charge in [-0.3, -0.25) is 4.72 Å². The number of nitrogens with zero attached hydrogens (tertiary/aromatic N) is 4. The van der Waals surface area contributed by atoms with Crippen LogP contribution >= 0.6 is 23.4 Å². The first kappa shape index (κ1) is 56.1. The number of benzene rings is 5. The van der Waals surface area contributed by atoms with Crippen molar-refractivity contribution in [3.63, 3.8) is 0 Å². The fraction of sp³-hybridized carbons (Fsp3) is 0.393. The van der Waals surface area contributed by atoms with Crippen molar-refractivity contribution in [3.05, 3.63) is 132 Å². The van der Waals surface area contributed by atoms with Crippen molar-refractivity contribution in [1.82, 2.24) is 14.8 Å². The number of thioether (sulfide) groups is 1. The van der Waals surface area contributed by atoms with Crippen molar-refractivity contribution in [1.29, 1.82) is 0 Å². The highest BCUT2D eigenvalue weighted by Gasteiger charge is 2.31. The van der Waals surface area contributed by atoms with Crippen LogP contribution in [-0.4, -0.2) is 117 Å². The molecule has 3 heterocycles. The summed E-state index contributed by atoms with van der Waals surface area (Å²) in [5.74, 6) is 0.186. The van der Waals surface area contributed by atoms with Crippen LogP contribution < -0.4 is 25.2 Å². The molecule has 19 heteroatoms. The van der Waals surface area contributed by atoms with Gasteiger partial charge in [0.05, 0.1) is 26.1 Å². The average molecular weight is 1120 g/mol. The Kier molecular flexibility index (Phi) is 17.7. The quantitative estimate of drug-likeness (QED) is 0.0624. The molecular weight excluding hydrogens is 1050 g/mol. The SMILES string of the molecule is Cc1c(S(C)(=O)=O)c(-c2cc(F)cc(N3CCN(c4ccc(NS(=O)(=O)c5ccc(N[C@H](CCN6CCC(NC(C)C)CC6)CSc6ccccc6)c(S(C)(=O)=O)c5)cc4)CC3)c2)c(-c2ccc(Cl)cc2)n1C(C)C. The average Bonchev–Trinajstić information content (AvgIpc) is 3.73. The second kappa shape index (κ2) is 23.7. The van der Waals surface area contributed by atoms with Crippen molar-refractivity contribution in [2.45, 2.75) is 97.6 Å². The number of nitrogens with one attached hydrogen (secondary N) is 3. The summed E-state index contributed by atoms with van der Waals surface area (Å²) < 4.78 is 102. The first-order chi connectivity index (χ1) is 35.5. The molecule has 8 rings (SSSR count). The van der Waals surface area contributed by atoms with Crippen molar-refractivity contribution < 1.29 is 29.6 Å². The highest BCUT2D eigenvalue weighted by atomic mass is 35.5. The number of sulfone groups is 2. The van der Waals surface area contributed by atoms with Crippen LogP contribution in [0.2, 0.25) is 5.02 Å². The van der Waals surface area contributed by atoms with Crippen LogP contribution in [0.4, 0.5) is 27.1 Å². The molecule has 0 unspecified atom stereocenters. The number of hydrogen-bond donors (Lipinski definition) is 3. The summed E-state index contributed by atoms with van der Waals surface area (Å²) in [6.07, 6.45) is 5.19. The van der Waals surface area contributed by atoms with Crippen LogP contribution in [0.25, 0.3) is 22.4 Å². The maximum atomic E-state index is 15.8. The molecule has 1 aromatic heterocycles. The molecule has 0 aliphatic carbocycles. The van der Waals surface area contributed by atoms with Crippen molar-refractivity contribution >= 4 is 75.8 Å². The van der Waals surface area contributed by atoms with Gasteiger partial charge in [-0.15, -0.1) is 11.8 Å². The summed E-state index contributed by atoms with van der Waals surface area (Å²) in [5.41, 5.74) is 5.03. The number of anilines is 4. The fourth-order valence-electron chi connectivity index (χ4n) is 10.4. The lowest BCUT2D eigenvalue weighted by Crippen LogP contribution is -2.46. The Balaban J connectivity index is 0.948. The Bertz CT molecular complexity index is 3290. The Hall–Kier alpha value is -5.08. The van der Waals surface area contributed by atoms with Gasteiger partial charge in [-0.1, -0.05) is 55.8 Å². The highest BCUT2D eigenvalue weighted by molar-refractivity contribution is 7.99. The van der Waals surface area contributed by atoms with Gasteiger partial charge in [0.1, 0.15) is 5.82 Å². The number of sulfonamides is 1. The van der Waals surface area contributed by atoms with Gasteiger partial charge in [0.25, 0.3) is 10.0 Å². The van der Waals surface area contributed by atoms with Crippen LogP contribution in [0, 0.1) is 12.7 Å². The first-order valence-electron chi connectivity index (χ1n) is 25.5. The minimum Gasteiger partial charge on any atom is -0.380 e. The van der Waals surface area contributed by atoms with Crippen LogP contribution in [0.15, 0.2) is 135 Å². The predicted molar refractivity (Wildman–Crippen MR) is 307 cm³/mol. The van der Waals surface area contributed by atoms with Gasteiger partial charge in [0.2, 0.25) is 0 Å². The lowest BCUT2D eigenvalue weighted by atomic mass is 9.99. The normalized spacial score (nSPS) is 15.7. The largest absolute Gasteiger partial charge is 0.380 e. The van der Waals surface area contributed by atoms with E-state index in [4.69, 9.17) is 11.6 Å². The molecule has 13 nitrogen and oxygen atoms in total. The molecule has 2 aliphatic heterocycles. The molecule has 0 amide bonds. The first-order valence-corrected chi connectivity index (χ1v) is 32.1. The molecule has 6 aromatic rings. The van der Waals surface area contributed by atoms with Crippen molar-refractivity contribution in [2.75, 3.05) is 83.9 Å². The van der Waals surface area contributed by atoms with Gasteiger partial charge in [-0.2, -0.15) is 0 Å². The zero-order chi connectivity index (χ0) is 53.8. The summed E-state index contributed by atoms with van der Waals surface area (Å²) in [6.45, 7) is 15.1. The van der Waals surface area contributed by atoms with Crippen molar-refractivity contribution in [3.8, 4) is 22.4 Å². The third-order valence-electron chi connectivity index (χ3n) is 13.9. The summed E-state index contributed by atoms with van der Waals surface area (Å²) in [5, 5.41) is 7.70. The van der Waals surface area contributed by atoms with Gasteiger partial charge in [-0.05, 0) is 149 Å². The molecular formula is C56H69ClFN7O6S4. The monoisotopic (exact) mass is 1120 g/mol. The summed E-state index contributed by atoms with van der Waals surface area (Å²) in [4.78, 5) is 7.69. The van der Waals surface area contributed by atoms with Crippen LogP contribution in [-0.2, 0) is 29.7 Å². The van der Waals surface area contributed by atoms with Gasteiger partial charge in [-0.25, -0.2) is 29.6 Å². The Labute approximate surface area is 453 Å². The number of likely N-dealkylation sites (tertiary alicyclic amines) is 1. The molecule has 402 valence electrons. The number of aromatic nitrogens is 1. The van der Waals surface area contributed by atoms with Gasteiger partial charge in [0, 0.05) is 113 Å². The highest BCUT2D eigenvalue weighted by Crippen LogP contribution is 2.45. The lowest BCUT2D eigenvalue weighted by molar-refractivity contribution is 0.190. The minimum absolute atomic E-state index is 0.0914. The Morgan fingerprint density at radius 3 is 1.96 bits per heavy atom. The van der Waals surface area contributed by atoms with E-state index in [9.17, 15) is 25.3 Å². The molecule has 2 saturated heterocycles. The van der Waals surface area contributed by atoms with E-state index < -0.39 is 35.5 Å². The fourth-order valence-corrected chi connectivity index (χ4v) is 14.7. The van der Waals surface area contributed by atoms with Crippen LogP contribution in [0.3, 0.4) is 0 Å². The number of hydrogen-bond acceptors (Lipinski definition) is 12. The van der Waals surface area contributed by atoms with E-state index in [0.717, 1.165) is 61.3 Å². The molecule has 3 N–H and O–H groups in total.